The van der Waals surface area contributed by atoms with Crippen LogP contribution in [0, 0.1) is 17.7 Å². The van der Waals surface area contributed by atoms with Gasteiger partial charge >= 0.3 is 6.09 Å². The van der Waals surface area contributed by atoms with Gasteiger partial charge in [-0.25, -0.2) is 9.18 Å². The molecule has 2 aromatic carbocycles. The Labute approximate surface area is 171 Å². The molecule has 0 aliphatic carbocycles. The average molecular weight is 395 g/mol. The van der Waals surface area contributed by atoms with E-state index in [4.69, 9.17) is 10.5 Å². The van der Waals surface area contributed by atoms with Gasteiger partial charge in [-0.05, 0) is 63.2 Å². The van der Waals surface area contributed by atoms with Gasteiger partial charge in [0.05, 0.1) is 11.3 Å². The number of amides is 1. The first-order chi connectivity index (χ1) is 13.7. The largest absolute Gasteiger partial charge is 0.444 e. The van der Waals surface area contributed by atoms with Crippen molar-refractivity contribution in [2.24, 2.45) is 0 Å². The molecule has 1 heterocycles. The number of carbonyl (C=O) groups excluding carboxylic acids is 1. The van der Waals surface area contributed by atoms with Crippen molar-refractivity contribution < 1.29 is 13.9 Å². The number of piperazine rings is 1. The third-order valence-electron chi connectivity index (χ3n) is 4.48. The van der Waals surface area contributed by atoms with Crippen LogP contribution in [0.3, 0.4) is 0 Å². The summed E-state index contributed by atoms with van der Waals surface area (Å²) in [6.07, 6.45) is -0.286. The molecule has 5 nitrogen and oxygen atoms in total. The van der Waals surface area contributed by atoms with E-state index in [1.54, 1.807) is 17.0 Å². The van der Waals surface area contributed by atoms with E-state index < -0.39 is 5.60 Å². The third kappa shape index (κ3) is 5.64. The van der Waals surface area contributed by atoms with Gasteiger partial charge in [-0.2, -0.15) is 0 Å². The van der Waals surface area contributed by atoms with E-state index in [-0.39, 0.29) is 11.9 Å². The van der Waals surface area contributed by atoms with E-state index in [1.807, 2.05) is 39.0 Å². The lowest BCUT2D eigenvalue weighted by molar-refractivity contribution is 0.0240. The minimum absolute atomic E-state index is 0.286. The van der Waals surface area contributed by atoms with Crippen molar-refractivity contribution in [3.05, 3.63) is 59.4 Å². The van der Waals surface area contributed by atoms with Gasteiger partial charge in [0.25, 0.3) is 0 Å². The highest BCUT2D eigenvalue weighted by molar-refractivity contribution is 5.70. The lowest BCUT2D eigenvalue weighted by Gasteiger charge is -2.37. The van der Waals surface area contributed by atoms with E-state index in [9.17, 15) is 9.18 Å². The van der Waals surface area contributed by atoms with Crippen LogP contribution in [0.4, 0.5) is 20.6 Å². The predicted molar refractivity (Wildman–Crippen MR) is 113 cm³/mol. The Balaban J connectivity index is 1.74. The molecule has 0 saturated carbocycles. The maximum absolute atomic E-state index is 13.1. The molecule has 6 heteroatoms. The fraction of sp³-hybridized carbons (Fsp3) is 0.348. The van der Waals surface area contributed by atoms with Crippen molar-refractivity contribution in [2.75, 3.05) is 36.8 Å². The molecule has 29 heavy (non-hydrogen) atoms. The molecule has 0 bridgehead atoms. The van der Waals surface area contributed by atoms with Crippen LogP contribution in [0.1, 0.15) is 31.9 Å². The highest BCUT2D eigenvalue weighted by atomic mass is 19.1. The third-order valence-corrected chi connectivity index (χ3v) is 4.48. The monoisotopic (exact) mass is 395 g/mol. The van der Waals surface area contributed by atoms with Crippen LogP contribution in [-0.2, 0) is 4.74 Å². The minimum Gasteiger partial charge on any atom is -0.444 e. The molecule has 1 amide bonds. The van der Waals surface area contributed by atoms with E-state index in [0.29, 0.717) is 31.9 Å². The van der Waals surface area contributed by atoms with Crippen molar-refractivity contribution in [3.63, 3.8) is 0 Å². The minimum atomic E-state index is -0.506. The summed E-state index contributed by atoms with van der Waals surface area (Å²) in [7, 11) is 0. The number of hydrogen-bond donors (Lipinski definition) is 1. The number of rotatable bonds is 1. The van der Waals surface area contributed by atoms with Crippen LogP contribution < -0.4 is 10.6 Å². The first kappa shape index (κ1) is 20.5. The molecule has 1 fully saturated rings. The normalized spacial score (nSPS) is 14.2. The number of benzene rings is 2. The Bertz CT molecular complexity index is 931. The Kier molecular flexibility index (Phi) is 5.97. The topological polar surface area (TPSA) is 58.8 Å². The number of nitrogens with two attached hydrogens (primary N) is 1. The fourth-order valence-electron chi connectivity index (χ4n) is 3.06. The summed E-state index contributed by atoms with van der Waals surface area (Å²) >= 11 is 0. The molecule has 152 valence electrons. The maximum Gasteiger partial charge on any atom is 0.410 e. The molecule has 0 unspecified atom stereocenters. The molecule has 1 aliphatic rings. The molecular weight excluding hydrogens is 369 g/mol. The first-order valence-electron chi connectivity index (χ1n) is 9.61. The van der Waals surface area contributed by atoms with Crippen molar-refractivity contribution in [1.82, 2.24) is 4.90 Å². The van der Waals surface area contributed by atoms with Crippen LogP contribution in [0.5, 0.6) is 0 Å². The van der Waals surface area contributed by atoms with Gasteiger partial charge in [0.2, 0.25) is 0 Å². The van der Waals surface area contributed by atoms with Crippen LogP contribution in [-0.4, -0.2) is 42.8 Å². The Hall–Kier alpha value is -3.20. The number of hydrogen-bond acceptors (Lipinski definition) is 4. The zero-order valence-electron chi connectivity index (χ0n) is 17.0. The SMILES string of the molecule is CC(C)(C)OC(=O)N1CCN(c2ccc(N)cc2C#Cc2ccc(F)cc2)CC1. The Morgan fingerprint density at radius 1 is 1.03 bits per heavy atom. The van der Waals surface area contributed by atoms with Gasteiger partial charge in [-0.3, -0.25) is 0 Å². The fourth-order valence-corrected chi connectivity index (χ4v) is 3.06. The van der Waals surface area contributed by atoms with Crippen molar-refractivity contribution in [3.8, 4) is 11.8 Å². The van der Waals surface area contributed by atoms with Crippen molar-refractivity contribution >= 4 is 17.5 Å². The molecular formula is C23H26FN3O2. The summed E-state index contributed by atoms with van der Waals surface area (Å²) in [5.74, 6) is 5.93. The summed E-state index contributed by atoms with van der Waals surface area (Å²) < 4.78 is 18.5. The van der Waals surface area contributed by atoms with Crippen LogP contribution >= 0.6 is 0 Å². The van der Waals surface area contributed by atoms with E-state index in [0.717, 1.165) is 16.8 Å². The highest BCUT2D eigenvalue weighted by Gasteiger charge is 2.26. The second-order valence-electron chi connectivity index (χ2n) is 7.99. The summed E-state index contributed by atoms with van der Waals surface area (Å²) in [5, 5.41) is 0. The molecule has 2 aromatic rings. The van der Waals surface area contributed by atoms with Crippen molar-refractivity contribution in [1.29, 1.82) is 0 Å². The summed E-state index contributed by atoms with van der Waals surface area (Å²) in [6.45, 7) is 8.09. The van der Waals surface area contributed by atoms with Gasteiger partial charge in [-0.15, -0.1) is 0 Å². The zero-order valence-corrected chi connectivity index (χ0v) is 17.0. The second-order valence-corrected chi connectivity index (χ2v) is 7.99. The second kappa shape index (κ2) is 8.44. The van der Waals surface area contributed by atoms with Crippen molar-refractivity contribution in [2.45, 2.75) is 26.4 Å². The van der Waals surface area contributed by atoms with Crippen LogP contribution in [0.25, 0.3) is 0 Å². The van der Waals surface area contributed by atoms with E-state index in [1.165, 1.54) is 12.1 Å². The molecule has 1 aliphatic heterocycles. The van der Waals surface area contributed by atoms with E-state index in [2.05, 4.69) is 16.7 Å². The van der Waals surface area contributed by atoms with Gasteiger partial charge in [0, 0.05) is 37.4 Å². The zero-order chi connectivity index (χ0) is 21.0. The number of ether oxygens (including phenoxy) is 1. The Morgan fingerprint density at radius 2 is 1.69 bits per heavy atom. The Morgan fingerprint density at radius 3 is 2.31 bits per heavy atom. The van der Waals surface area contributed by atoms with Gasteiger partial charge in [0.1, 0.15) is 11.4 Å². The molecule has 1 saturated heterocycles. The van der Waals surface area contributed by atoms with Crippen LogP contribution in [0.15, 0.2) is 42.5 Å². The molecule has 0 aromatic heterocycles. The summed E-state index contributed by atoms with van der Waals surface area (Å²) in [5.41, 5.74) is 8.59. The number of carbonyl (C=O) groups is 1. The quantitative estimate of drug-likeness (QED) is 0.588. The summed E-state index contributed by atoms with van der Waals surface area (Å²) in [6, 6.07) is 11.7. The number of nitrogen functional groups attached to an aromatic ring is 1. The molecule has 2 N–H and O–H groups in total. The van der Waals surface area contributed by atoms with E-state index >= 15 is 0 Å². The lowest BCUT2D eigenvalue weighted by Crippen LogP contribution is -2.50. The smallest absolute Gasteiger partial charge is 0.410 e. The molecule has 0 spiro atoms. The maximum atomic E-state index is 13.1. The standard InChI is InChI=1S/C23H26FN3O2/c1-23(2,3)29-22(28)27-14-12-26(13-15-27)21-11-10-20(25)16-18(21)7-4-17-5-8-19(24)9-6-17/h5-6,8-11,16H,12-15,25H2,1-3H3. The first-order valence-corrected chi connectivity index (χ1v) is 9.61. The van der Waals surface area contributed by atoms with Gasteiger partial charge in [-0.1, -0.05) is 11.8 Å². The molecule has 3 rings (SSSR count). The number of halogens is 1. The van der Waals surface area contributed by atoms with Gasteiger partial charge in [0.15, 0.2) is 0 Å². The van der Waals surface area contributed by atoms with Crippen LogP contribution in [0.2, 0.25) is 0 Å². The van der Waals surface area contributed by atoms with Gasteiger partial charge < -0.3 is 20.3 Å². The summed E-state index contributed by atoms with van der Waals surface area (Å²) in [4.78, 5) is 16.2. The lowest BCUT2D eigenvalue weighted by atomic mass is 10.1. The average Bonchev–Trinajstić information content (AvgIpc) is 2.66. The molecule has 0 atom stereocenters. The number of nitrogens with zero attached hydrogens (tertiary/aromatic N) is 2. The molecule has 0 radical (unpaired) electrons. The predicted octanol–water partition coefficient (Wildman–Crippen LogP) is 3.86. The number of anilines is 2. The highest BCUT2D eigenvalue weighted by Crippen LogP contribution is 2.24.